The Morgan fingerprint density at radius 2 is 1.85 bits per heavy atom. The Morgan fingerprint density at radius 1 is 1.18 bits per heavy atom. The van der Waals surface area contributed by atoms with Gasteiger partial charge in [-0.1, -0.05) is 20.8 Å². The van der Waals surface area contributed by atoms with E-state index in [-0.39, 0.29) is 29.3 Å². The van der Waals surface area contributed by atoms with Crippen molar-refractivity contribution in [3.8, 4) is 5.88 Å². The van der Waals surface area contributed by atoms with Crippen LogP contribution in [0.5, 0.6) is 5.88 Å². The second-order valence-electron chi connectivity index (χ2n) is 9.71. The minimum atomic E-state index is -0.583. The zero-order chi connectivity index (χ0) is 23.9. The van der Waals surface area contributed by atoms with Crippen molar-refractivity contribution < 1.29 is 14.7 Å². The lowest BCUT2D eigenvalue weighted by atomic mass is 10.0. The van der Waals surface area contributed by atoms with Gasteiger partial charge in [0.15, 0.2) is 11.4 Å². The molecular weight excluding hydrogens is 424 g/mol. The second-order valence-corrected chi connectivity index (χ2v) is 9.71. The monoisotopic (exact) mass is 458 g/mol. The van der Waals surface area contributed by atoms with Crippen LogP contribution in [0.1, 0.15) is 62.4 Å². The first-order valence-electron chi connectivity index (χ1n) is 11.9. The van der Waals surface area contributed by atoms with Crippen molar-refractivity contribution in [1.29, 1.82) is 0 Å². The molecule has 2 fully saturated rings. The molecule has 1 saturated carbocycles. The number of carbonyl (C=O) groups excluding carboxylic acids is 2. The highest BCUT2D eigenvalue weighted by atomic mass is 16.3. The first kappa shape index (κ1) is 23.1. The average Bonchev–Trinajstić information content (AvgIpc) is 3.26. The Kier molecular flexibility index (Phi) is 6.36. The molecule has 1 saturated heterocycles. The third-order valence-electron chi connectivity index (χ3n) is 6.37. The molecule has 180 valence electrons. The molecule has 0 aromatic carbocycles. The summed E-state index contributed by atoms with van der Waals surface area (Å²) in [4.78, 5) is 41.1. The molecule has 3 N–H and O–H groups in total. The van der Waals surface area contributed by atoms with E-state index < -0.39 is 17.3 Å². The Balaban J connectivity index is 1.83. The number of likely N-dealkylation sites (tertiary alicyclic amines) is 1. The number of aromatic nitrogens is 3. The van der Waals surface area contributed by atoms with Gasteiger partial charge in [-0.25, -0.2) is 0 Å². The summed E-state index contributed by atoms with van der Waals surface area (Å²) in [5.41, 5.74) is 0.251. The molecule has 0 radical (unpaired) electrons. The fraction of sp³-hybridized carbons (Fsp3) is 0.652. The van der Waals surface area contributed by atoms with Gasteiger partial charge in [-0.3, -0.25) is 19.0 Å². The molecule has 1 aliphatic heterocycles. The largest absolute Gasteiger partial charge is 0.492 e. The average molecular weight is 459 g/mol. The predicted octanol–water partition coefficient (Wildman–Crippen LogP) is 1.59. The van der Waals surface area contributed by atoms with Gasteiger partial charge in [0.2, 0.25) is 11.8 Å². The molecule has 3 heterocycles. The topological polar surface area (TPSA) is 121 Å². The van der Waals surface area contributed by atoms with Crippen LogP contribution >= 0.6 is 0 Å². The van der Waals surface area contributed by atoms with E-state index in [9.17, 15) is 19.5 Å². The Morgan fingerprint density at radius 3 is 2.42 bits per heavy atom. The van der Waals surface area contributed by atoms with Crippen molar-refractivity contribution in [3.63, 3.8) is 0 Å². The van der Waals surface area contributed by atoms with E-state index in [1.165, 1.54) is 9.08 Å². The molecule has 33 heavy (non-hydrogen) atoms. The fourth-order valence-corrected chi connectivity index (χ4v) is 4.55. The molecule has 0 spiro atoms. The van der Waals surface area contributed by atoms with E-state index in [1.807, 2.05) is 25.7 Å². The zero-order valence-corrected chi connectivity index (χ0v) is 19.8. The third kappa shape index (κ3) is 4.43. The van der Waals surface area contributed by atoms with Crippen LogP contribution in [0.25, 0.3) is 5.65 Å². The summed E-state index contributed by atoms with van der Waals surface area (Å²) < 4.78 is 2.78. The Bertz CT molecular complexity index is 1120. The standard InChI is InChI=1S/C23H34N6O4/c1-13(2)12-28-20-16(11-14(3)21(31)27-9-5-6-10-27)18(24-4)26-29(20)23(33)17(22(28)32)19(30)25-15-7-8-15/h13-15,33H,5-12H2,1-4H3,(H,24,26)(H,25,30). The molecule has 10 nitrogen and oxygen atoms in total. The summed E-state index contributed by atoms with van der Waals surface area (Å²) in [7, 11) is 1.71. The van der Waals surface area contributed by atoms with E-state index in [0.717, 1.165) is 38.8 Å². The number of amides is 2. The summed E-state index contributed by atoms with van der Waals surface area (Å²) >= 11 is 0. The van der Waals surface area contributed by atoms with Gasteiger partial charge in [0, 0.05) is 44.2 Å². The first-order chi connectivity index (χ1) is 15.7. The molecule has 10 heteroatoms. The lowest BCUT2D eigenvalue weighted by Gasteiger charge is -2.21. The van der Waals surface area contributed by atoms with Crippen molar-refractivity contribution in [2.45, 2.75) is 65.5 Å². The summed E-state index contributed by atoms with van der Waals surface area (Å²) in [6.45, 7) is 7.74. The molecular formula is C23H34N6O4. The second kappa shape index (κ2) is 9.07. The highest BCUT2D eigenvalue weighted by molar-refractivity contribution is 5.96. The van der Waals surface area contributed by atoms with Crippen LogP contribution in [0.4, 0.5) is 5.82 Å². The maximum atomic E-state index is 13.5. The quantitative estimate of drug-likeness (QED) is 0.552. The van der Waals surface area contributed by atoms with Crippen LogP contribution in [0.15, 0.2) is 4.79 Å². The van der Waals surface area contributed by atoms with Crippen LogP contribution < -0.4 is 16.2 Å². The lowest BCUT2D eigenvalue weighted by Crippen LogP contribution is -2.36. The van der Waals surface area contributed by atoms with Crippen molar-refractivity contribution in [2.24, 2.45) is 11.8 Å². The van der Waals surface area contributed by atoms with Gasteiger partial charge in [0.05, 0.1) is 0 Å². The van der Waals surface area contributed by atoms with Gasteiger partial charge < -0.3 is 20.6 Å². The minimum absolute atomic E-state index is 0.0454. The highest BCUT2D eigenvalue weighted by Gasteiger charge is 2.32. The van der Waals surface area contributed by atoms with Crippen LogP contribution in [-0.2, 0) is 17.8 Å². The van der Waals surface area contributed by atoms with Gasteiger partial charge >= 0.3 is 0 Å². The zero-order valence-electron chi connectivity index (χ0n) is 19.8. The van der Waals surface area contributed by atoms with Crippen molar-refractivity contribution in [2.75, 3.05) is 25.5 Å². The molecule has 0 bridgehead atoms. The van der Waals surface area contributed by atoms with Gasteiger partial charge in [-0.15, -0.1) is 5.10 Å². The summed E-state index contributed by atoms with van der Waals surface area (Å²) in [6.07, 6.45) is 4.13. The maximum absolute atomic E-state index is 13.5. The number of anilines is 1. The number of aromatic hydroxyl groups is 1. The van der Waals surface area contributed by atoms with Gasteiger partial charge in [-0.05, 0) is 38.0 Å². The number of carbonyl (C=O) groups is 2. The molecule has 1 unspecified atom stereocenters. The van der Waals surface area contributed by atoms with E-state index in [4.69, 9.17) is 0 Å². The highest BCUT2D eigenvalue weighted by Crippen LogP contribution is 2.29. The molecule has 2 aromatic heterocycles. The van der Waals surface area contributed by atoms with Crippen LogP contribution in [-0.4, -0.2) is 62.2 Å². The lowest BCUT2D eigenvalue weighted by molar-refractivity contribution is -0.133. The normalized spacial score (nSPS) is 17.1. The van der Waals surface area contributed by atoms with Gasteiger partial charge in [-0.2, -0.15) is 4.52 Å². The molecule has 2 aliphatic rings. The molecule has 2 amide bonds. The van der Waals surface area contributed by atoms with Crippen molar-refractivity contribution in [1.82, 2.24) is 24.4 Å². The Hall–Kier alpha value is -3.04. The molecule has 1 atom stereocenters. The predicted molar refractivity (Wildman–Crippen MR) is 125 cm³/mol. The molecule has 2 aromatic rings. The van der Waals surface area contributed by atoms with Crippen LogP contribution in [0.2, 0.25) is 0 Å². The number of rotatable bonds is 8. The van der Waals surface area contributed by atoms with E-state index >= 15 is 0 Å². The van der Waals surface area contributed by atoms with Gasteiger partial charge in [0.25, 0.3) is 11.5 Å². The first-order valence-corrected chi connectivity index (χ1v) is 11.9. The van der Waals surface area contributed by atoms with Crippen molar-refractivity contribution in [3.05, 3.63) is 21.5 Å². The number of nitrogens with zero attached hydrogens (tertiary/aromatic N) is 4. The molecule has 4 rings (SSSR count). The smallest absolute Gasteiger partial charge is 0.270 e. The number of hydrogen-bond donors (Lipinski definition) is 3. The fourth-order valence-electron chi connectivity index (χ4n) is 4.55. The maximum Gasteiger partial charge on any atom is 0.270 e. The van der Waals surface area contributed by atoms with E-state index in [2.05, 4.69) is 15.7 Å². The SMILES string of the molecule is CNc1nn2c(O)c(C(=O)NC3CC3)c(=O)n(CC(C)C)c2c1CC(C)C(=O)N1CCCC1. The molecule has 1 aliphatic carbocycles. The number of nitrogens with one attached hydrogen (secondary N) is 2. The third-order valence-corrected chi connectivity index (χ3v) is 6.37. The summed E-state index contributed by atoms with van der Waals surface area (Å²) in [5, 5.41) is 21.3. The summed E-state index contributed by atoms with van der Waals surface area (Å²) in [5.74, 6) is -0.709. The number of fused-ring (bicyclic) bond motifs is 1. The van der Waals surface area contributed by atoms with Crippen molar-refractivity contribution >= 4 is 23.3 Å². The van der Waals surface area contributed by atoms with Crippen LogP contribution in [0.3, 0.4) is 0 Å². The Labute approximate surface area is 192 Å². The van der Waals surface area contributed by atoms with Crippen LogP contribution in [0, 0.1) is 11.8 Å². The number of hydrogen-bond acceptors (Lipinski definition) is 6. The van der Waals surface area contributed by atoms with E-state index in [1.54, 1.807) is 7.05 Å². The minimum Gasteiger partial charge on any atom is -0.492 e. The van der Waals surface area contributed by atoms with Gasteiger partial charge in [0.1, 0.15) is 5.65 Å². The van der Waals surface area contributed by atoms with E-state index in [0.29, 0.717) is 30.0 Å². The summed E-state index contributed by atoms with van der Waals surface area (Å²) in [6, 6.07) is 0.0454.